The van der Waals surface area contributed by atoms with Crippen molar-refractivity contribution < 1.29 is 46.1 Å². The number of carboxylic acid groups (broad SMARTS) is 1. The van der Waals surface area contributed by atoms with Crippen LogP contribution in [0.15, 0.2) is 37.1 Å². The summed E-state index contributed by atoms with van der Waals surface area (Å²) in [5, 5.41) is 23.2. The van der Waals surface area contributed by atoms with Crippen LogP contribution >= 0.6 is 0 Å². The van der Waals surface area contributed by atoms with Gasteiger partial charge in [0.1, 0.15) is 12.7 Å². The van der Waals surface area contributed by atoms with Gasteiger partial charge in [-0.1, -0.05) is 12.1 Å². The highest BCUT2D eigenvalue weighted by atomic mass is 19.4. The van der Waals surface area contributed by atoms with E-state index in [4.69, 9.17) is 15.6 Å². The van der Waals surface area contributed by atoms with Gasteiger partial charge >= 0.3 is 18.3 Å². The van der Waals surface area contributed by atoms with Crippen LogP contribution < -0.4 is 11.1 Å². The third kappa shape index (κ3) is 5.68. The van der Waals surface area contributed by atoms with Gasteiger partial charge in [-0.15, -0.1) is 0 Å². The number of halogens is 6. The summed E-state index contributed by atoms with van der Waals surface area (Å²) in [6.45, 7) is 1.64. The van der Waals surface area contributed by atoms with E-state index >= 15 is 0 Å². The summed E-state index contributed by atoms with van der Waals surface area (Å²) < 4.78 is 73.8. The van der Waals surface area contributed by atoms with E-state index in [9.17, 15) is 36.2 Å². The molecule has 1 aromatic carbocycles. The number of aromatic nitrogens is 5. The van der Waals surface area contributed by atoms with Gasteiger partial charge in [-0.05, 0) is 18.6 Å². The van der Waals surface area contributed by atoms with Gasteiger partial charge < -0.3 is 21.3 Å². The molecule has 1 amide bonds. The Morgan fingerprint density at radius 2 is 1.75 bits per heavy atom. The van der Waals surface area contributed by atoms with E-state index in [1.54, 1.807) is 6.92 Å². The van der Waals surface area contributed by atoms with Gasteiger partial charge in [-0.25, -0.2) is 19.7 Å². The van der Waals surface area contributed by atoms with Crippen molar-refractivity contribution >= 4 is 17.7 Å². The molecule has 0 saturated heterocycles. The summed E-state index contributed by atoms with van der Waals surface area (Å²) in [6.07, 6.45) is -6.47. The second-order valence-corrected chi connectivity index (χ2v) is 6.92. The number of carboxylic acids is 1. The molecule has 2 aromatic heterocycles. The molecule has 0 bridgehead atoms. The van der Waals surface area contributed by atoms with Gasteiger partial charge in [0.15, 0.2) is 11.6 Å². The lowest BCUT2D eigenvalue weighted by molar-refractivity contribution is -0.256. The Balaban J connectivity index is 0.000000572. The number of aliphatic hydroxyl groups is 1. The summed E-state index contributed by atoms with van der Waals surface area (Å²) in [6, 6.07) is 3.42. The van der Waals surface area contributed by atoms with Gasteiger partial charge in [0.05, 0.1) is 11.9 Å². The molecule has 0 fully saturated rings. The molecule has 17 heteroatoms. The standard InChI is InChI=1S/C17H16F3N7O2.C2HF3O2/c1-9-3-4-10(16(29,15(28)22-2)17(18,19)20)5-11(9)12-6-24-13(21)14(26-12)27-8-23-7-25-27;3-2(4,5)1(6)7/h3-8,29H,1-2H3,(H2,21,24)(H,22,28);(H,6,7). The van der Waals surface area contributed by atoms with Gasteiger partial charge in [0.2, 0.25) is 0 Å². The number of nitrogen functional groups attached to an aromatic ring is 1. The Morgan fingerprint density at radius 3 is 2.22 bits per heavy atom. The SMILES string of the molecule is CNC(=O)C(O)(c1ccc(C)c(-c2cnc(N)c(-n3cncn3)n2)c1)C(F)(F)F.O=C(O)C(F)(F)F. The number of nitrogens with one attached hydrogen (secondary N) is 1. The molecule has 36 heavy (non-hydrogen) atoms. The van der Waals surface area contributed by atoms with Crippen molar-refractivity contribution in [2.75, 3.05) is 12.8 Å². The average Bonchev–Trinajstić information content (AvgIpc) is 3.32. The number of nitrogens with zero attached hydrogens (tertiary/aromatic N) is 5. The second-order valence-electron chi connectivity index (χ2n) is 6.92. The molecule has 0 radical (unpaired) electrons. The van der Waals surface area contributed by atoms with Crippen molar-refractivity contribution in [2.24, 2.45) is 0 Å². The molecule has 3 aromatic rings. The molecule has 0 aliphatic carbocycles. The van der Waals surface area contributed by atoms with Crippen molar-refractivity contribution in [3.05, 3.63) is 48.2 Å². The molecule has 1 unspecified atom stereocenters. The van der Waals surface area contributed by atoms with Crippen LogP contribution in [0.1, 0.15) is 11.1 Å². The molecular weight excluding hydrogens is 504 g/mol. The van der Waals surface area contributed by atoms with Gasteiger partial charge in [-0.2, -0.15) is 36.1 Å². The minimum atomic E-state index is -5.25. The van der Waals surface area contributed by atoms with Crippen LogP contribution in [0.5, 0.6) is 0 Å². The number of benzene rings is 1. The summed E-state index contributed by atoms with van der Waals surface area (Å²) in [7, 11) is 1.00. The minimum Gasteiger partial charge on any atom is -0.475 e. The van der Waals surface area contributed by atoms with Crippen LogP contribution in [-0.2, 0) is 15.2 Å². The third-order valence-electron chi connectivity index (χ3n) is 4.56. The molecule has 194 valence electrons. The Kier molecular flexibility index (Phi) is 7.88. The van der Waals surface area contributed by atoms with Gasteiger partial charge in [0.25, 0.3) is 11.5 Å². The lowest BCUT2D eigenvalue weighted by atomic mass is 9.89. The fourth-order valence-corrected chi connectivity index (χ4v) is 2.73. The van der Waals surface area contributed by atoms with E-state index in [1.165, 1.54) is 29.6 Å². The zero-order valence-electron chi connectivity index (χ0n) is 18.3. The van der Waals surface area contributed by atoms with Gasteiger partial charge in [0, 0.05) is 18.2 Å². The number of carbonyl (C=O) groups is 2. The number of aryl methyl sites for hydroxylation is 1. The maximum atomic E-state index is 13.6. The quantitative estimate of drug-likeness (QED) is 0.374. The molecule has 1 atom stereocenters. The van der Waals surface area contributed by atoms with Crippen molar-refractivity contribution in [3.63, 3.8) is 0 Å². The number of nitrogens with two attached hydrogens (primary N) is 1. The number of alkyl halides is 6. The number of likely N-dealkylation sites (N-methyl/N-ethyl adjacent to an activating group) is 1. The first-order valence-electron chi connectivity index (χ1n) is 9.44. The van der Waals surface area contributed by atoms with E-state index in [2.05, 4.69) is 20.1 Å². The van der Waals surface area contributed by atoms with Gasteiger partial charge in [-0.3, -0.25) is 4.79 Å². The largest absolute Gasteiger partial charge is 0.490 e. The van der Waals surface area contributed by atoms with E-state index in [1.807, 2.05) is 5.32 Å². The maximum absolute atomic E-state index is 13.6. The van der Waals surface area contributed by atoms with Crippen LogP contribution in [0.3, 0.4) is 0 Å². The summed E-state index contributed by atoms with van der Waals surface area (Å²) in [5.74, 6) is -4.20. The first-order chi connectivity index (χ1) is 16.5. The molecule has 3 rings (SSSR count). The number of rotatable bonds is 4. The number of aliphatic carboxylic acids is 1. The van der Waals surface area contributed by atoms with Crippen molar-refractivity contribution in [3.8, 4) is 17.1 Å². The summed E-state index contributed by atoms with van der Waals surface area (Å²) in [5.41, 5.74) is 2.35. The number of carbonyl (C=O) groups excluding carboxylic acids is 1. The van der Waals surface area contributed by atoms with Crippen molar-refractivity contribution in [1.82, 2.24) is 30.0 Å². The topological polar surface area (TPSA) is 169 Å². The van der Waals surface area contributed by atoms with Crippen molar-refractivity contribution in [2.45, 2.75) is 24.9 Å². The molecule has 0 aliphatic rings. The van der Waals surface area contributed by atoms with E-state index in [0.29, 0.717) is 5.56 Å². The number of hydrogen-bond donors (Lipinski definition) is 4. The highest BCUT2D eigenvalue weighted by Crippen LogP contribution is 2.41. The van der Waals surface area contributed by atoms with Crippen LogP contribution in [0.4, 0.5) is 32.2 Å². The van der Waals surface area contributed by atoms with E-state index in [-0.39, 0.29) is 22.9 Å². The van der Waals surface area contributed by atoms with Crippen LogP contribution in [0, 0.1) is 6.92 Å². The fraction of sp³-hybridized carbons (Fsp3) is 0.263. The van der Waals surface area contributed by atoms with Crippen LogP contribution in [0.2, 0.25) is 0 Å². The molecule has 5 N–H and O–H groups in total. The molecule has 2 heterocycles. The Bertz CT molecular complexity index is 1250. The predicted molar refractivity (Wildman–Crippen MR) is 109 cm³/mol. The van der Waals surface area contributed by atoms with Crippen molar-refractivity contribution in [1.29, 1.82) is 0 Å². The lowest BCUT2D eigenvalue weighted by Crippen LogP contribution is -2.53. The highest BCUT2D eigenvalue weighted by molar-refractivity contribution is 5.87. The Morgan fingerprint density at radius 1 is 1.14 bits per heavy atom. The van der Waals surface area contributed by atoms with Crippen LogP contribution in [-0.4, -0.2) is 66.2 Å². The highest BCUT2D eigenvalue weighted by Gasteiger charge is 2.60. The molecule has 0 saturated carbocycles. The monoisotopic (exact) mass is 521 g/mol. The second kappa shape index (κ2) is 10.1. The van der Waals surface area contributed by atoms with E-state index < -0.39 is 35.4 Å². The Labute approximate surface area is 197 Å². The first kappa shape index (κ1) is 28.0. The average molecular weight is 521 g/mol. The summed E-state index contributed by atoms with van der Waals surface area (Å²) in [4.78, 5) is 32.9. The predicted octanol–water partition coefficient (Wildman–Crippen LogP) is 1.74. The number of anilines is 1. The Hall–Kier alpha value is -4.28. The lowest BCUT2D eigenvalue weighted by Gasteiger charge is -2.29. The molecule has 0 aliphatic heterocycles. The maximum Gasteiger partial charge on any atom is 0.490 e. The summed E-state index contributed by atoms with van der Waals surface area (Å²) >= 11 is 0. The smallest absolute Gasteiger partial charge is 0.475 e. The number of hydrogen-bond acceptors (Lipinski definition) is 8. The number of amides is 1. The molecule has 11 nitrogen and oxygen atoms in total. The fourth-order valence-electron chi connectivity index (χ4n) is 2.73. The third-order valence-corrected chi connectivity index (χ3v) is 4.56. The zero-order chi connectivity index (χ0) is 27.5. The molecule has 0 spiro atoms. The molecular formula is C19H17F6N7O4. The normalized spacial score (nSPS) is 13.2. The first-order valence-corrected chi connectivity index (χ1v) is 9.44. The van der Waals surface area contributed by atoms with Crippen LogP contribution in [0.25, 0.3) is 17.1 Å². The minimum absolute atomic E-state index is 0.0326. The zero-order valence-corrected chi connectivity index (χ0v) is 18.3. The van der Waals surface area contributed by atoms with E-state index in [0.717, 1.165) is 19.2 Å².